The van der Waals surface area contributed by atoms with Crippen LogP contribution in [0.5, 0.6) is 5.75 Å². The molecule has 6 nitrogen and oxygen atoms in total. The van der Waals surface area contributed by atoms with Crippen molar-refractivity contribution in [1.82, 2.24) is 15.3 Å². The summed E-state index contributed by atoms with van der Waals surface area (Å²) in [4.78, 5) is 2.69. The SMILES string of the molecule is C1=NN=CN2NC(c3ccc(OC4CCN(C5CCCC5)CC4)cc3)=CC12.Cl. The van der Waals surface area contributed by atoms with Gasteiger partial charge in [0, 0.05) is 19.1 Å². The van der Waals surface area contributed by atoms with E-state index in [-0.39, 0.29) is 18.4 Å². The van der Waals surface area contributed by atoms with Crippen molar-refractivity contribution >= 4 is 30.7 Å². The van der Waals surface area contributed by atoms with Crippen molar-refractivity contribution in [2.24, 2.45) is 10.2 Å². The molecular formula is C21H28ClN5O. The molecule has 0 aromatic heterocycles. The first-order chi connectivity index (χ1) is 13.3. The van der Waals surface area contributed by atoms with Gasteiger partial charge in [0.05, 0.1) is 11.9 Å². The third-order valence-corrected chi connectivity index (χ3v) is 6.16. The Bertz CT molecular complexity index is 749. The number of hydrogen-bond donors (Lipinski definition) is 1. The molecule has 1 saturated carbocycles. The van der Waals surface area contributed by atoms with E-state index in [0.717, 1.165) is 35.9 Å². The highest BCUT2D eigenvalue weighted by molar-refractivity contribution is 5.85. The predicted molar refractivity (Wildman–Crippen MR) is 115 cm³/mol. The predicted octanol–water partition coefficient (Wildman–Crippen LogP) is 3.45. The molecule has 0 radical (unpaired) electrons. The Balaban J connectivity index is 0.00000192. The Morgan fingerprint density at radius 3 is 2.43 bits per heavy atom. The monoisotopic (exact) mass is 401 g/mol. The van der Waals surface area contributed by atoms with E-state index < -0.39 is 0 Å². The van der Waals surface area contributed by atoms with Crippen molar-refractivity contribution in [3.63, 3.8) is 0 Å². The summed E-state index contributed by atoms with van der Waals surface area (Å²) in [5.74, 6) is 0.970. The maximum absolute atomic E-state index is 6.26. The van der Waals surface area contributed by atoms with E-state index in [2.05, 4.69) is 50.9 Å². The van der Waals surface area contributed by atoms with Crippen LogP contribution in [0.4, 0.5) is 0 Å². The molecule has 7 heteroatoms. The topological polar surface area (TPSA) is 52.5 Å². The van der Waals surface area contributed by atoms with Crippen molar-refractivity contribution in [2.75, 3.05) is 13.1 Å². The molecule has 150 valence electrons. The molecule has 3 heterocycles. The number of piperidine rings is 1. The molecule has 1 aliphatic carbocycles. The highest BCUT2D eigenvalue weighted by Gasteiger charge is 2.28. The van der Waals surface area contributed by atoms with Crippen LogP contribution in [0.2, 0.25) is 0 Å². The summed E-state index contributed by atoms with van der Waals surface area (Å²) in [7, 11) is 0. The third-order valence-electron chi connectivity index (χ3n) is 6.16. The quantitative estimate of drug-likeness (QED) is 0.839. The van der Waals surface area contributed by atoms with Crippen LogP contribution >= 0.6 is 12.4 Å². The lowest BCUT2D eigenvalue weighted by molar-refractivity contribution is 0.0768. The number of likely N-dealkylation sites (tertiary alicyclic amines) is 1. The maximum atomic E-state index is 6.26. The summed E-state index contributed by atoms with van der Waals surface area (Å²) < 4.78 is 6.26. The molecule has 1 N–H and O–H groups in total. The van der Waals surface area contributed by atoms with Crippen LogP contribution < -0.4 is 10.2 Å². The molecule has 1 aromatic rings. The van der Waals surface area contributed by atoms with Gasteiger partial charge in [-0.1, -0.05) is 12.8 Å². The van der Waals surface area contributed by atoms with E-state index in [0.29, 0.717) is 6.10 Å². The molecule has 0 bridgehead atoms. The summed E-state index contributed by atoms with van der Waals surface area (Å²) in [5, 5.41) is 9.81. The number of rotatable bonds is 4. The number of benzene rings is 1. The number of nitrogens with one attached hydrogen (secondary N) is 1. The minimum absolute atomic E-state index is 0. The van der Waals surface area contributed by atoms with Crippen molar-refractivity contribution in [2.45, 2.75) is 56.7 Å². The van der Waals surface area contributed by atoms with E-state index in [4.69, 9.17) is 4.74 Å². The van der Waals surface area contributed by atoms with Gasteiger partial charge in [-0.15, -0.1) is 17.5 Å². The number of ether oxygens (including phenoxy) is 1. The summed E-state index contributed by atoms with van der Waals surface area (Å²) in [6, 6.07) is 9.38. The normalized spacial score (nSPS) is 25.2. The lowest BCUT2D eigenvalue weighted by Gasteiger charge is -2.36. The van der Waals surface area contributed by atoms with Crippen LogP contribution in [-0.4, -0.2) is 53.7 Å². The zero-order chi connectivity index (χ0) is 18.1. The molecule has 2 fully saturated rings. The second kappa shape index (κ2) is 8.53. The summed E-state index contributed by atoms with van der Waals surface area (Å²) >= 11 is 0. The highest BCUT2D eigenvalue weighted by Crippen LogP contribution is 2.28. The number of hydrazine groups is 1. The lowest BCUT2D eigenvalue weighted by atomic mass is 10.0. The minimum atomic E-state index is 0. The van der Waals surface area contributed by atoms with Crippen molar-refractivity contribution in [1.29, 1.82) is 0 Å². The average Bonchev–Trinajstić information content (AvgIpc) is 3.39. The number of fused-ring (bicyclic) bond motifs is 1. The lowest BCUT2D eigenvalue weighted by Crippen LogP contribution is -2.43. The smallest absolute Gasteiger partial charge is 0.133 e. The molecule has 1 unspecified atom stereocenters. The zero-order valence-corrected chi connectivity index (χ0v) is 16.9. The van der Waals surface area contributed by atoms with Gasteiger partial charge < -0.3 is 9.64 Å². The molecule has 1 aromatic carbocycles. The first-order valence-electron chi connectivity index (χ1n) is 10.2. The van der Waals surface area contributed by atoms with Gasteiger partial charge in [-0.05, 0) is 61.6 Å². The average molecular weight is 402 g/mol. The van der Waals surface area contributed by atoms with Crippen LogP contribution in [-0.2, 0) is 0 Å². The Morgan fingerprint density at radius 2 is 1.71 bits per heavy atom. The maximum Gasteiger partial charge on any atom is 0.133 e. The Hall–Kier alpha value is -2.05. The first kappa shape index (κ1) is 19.3. The fraction of sp³-hybridized carbons (Fsp3) is 0.524. The van der Waals surface area contributed by atoms with Gasteiger partial charge in [0.15, 0.2) is 0 Å². The van der Waals surface area contributed by atoms with Crippen LogP contribution in [0.25, 0.3) is 5.70 Å². The van der Waals surface area contributed by atoms with Gasteiger partial charge in [-0.3, -0.25) is 10.4 Å². The Morgan fingerprint density at radius 1 is 0.964 bits per heavy atom. The van der Waals surface area contributed by atoms with Gasteiger partial charge in [0.2, 0.25) is 0 Å². The molecule has 1 saturated heterocycles. The Kier molecular flexibility index (Phi) is 5.87. The van der Waals surface area contributed by atoms with E-state index >= 15 is 0 Å². The van der Waals surface area contributed by atoms with Gasteiger partial charge >= 0.3 is 0 Å². The molecular weight excluding hydrogens is 374 g/mol. The number of nitrogens with zero attached hydrogens (tertiary/aromatic N) is 4. The highest BCUT2D eigenvalue weighted by atomic mass is 35.5. The second-order valence-corrected chi connectivity index (χ2v) is 7.90. The second-order valence-electron chi connectivity index (χ2n) is 7.90. The molecule has 3 aliphatic heterocycles. The van der Waals surface area contributed by atoms with Gasteiger partial charge in [-0.2, -0.15) is 5.10 Å². The molecule has 0 amide bonds. The summed E-state index contributed by atoms with van der Waals surface area (Å²) in [6.45, 7) is 2.37. The number of halogens is 1. The van der Waals surface area contributed by atoms with Crippen LogP contribution in [0.1, 0.15) is 44.1 Å². The largest absolute Gasteiger partial charge is 0.490 e. The van der Waals surface area contributed by atoms with E-state index in [9.17, 15) is 0 Å². The van der Waals surface area contributed by atoms with E-state index in [1.54, 1.807) is 6.34 Å². The van der Waals surface area contributed by atoms with Crippen molar-refractivity contribution in [3.8, 4) is 5.75 Å². The minimum Gasteiger partial charge on any atom is -0.490 e. The van der Waals surface area contributed by atoms with Crippen molar-refractivity contribution in [3.05, 3.63) is 35.9 Å². The van der Waals surface area contributed by atoms with Crippen LogP contribution in [0.3, 0.4) is 0 Å². The first-order valence-corrected chi connectivity index (χ1v) is 10.2. The molecule has 1 atom stereocenters. The fourth-order valence-corrected chi connectivity index (χ4v) is 4.61. The van der Waals surface area contributed by atoms with Gasteiger partial charge in [0.1, 0.15) is 24.2 Å². The molecule has 28 heavy (non-hydrogen) atoms. The fourth-order valence-electron chi connectivity index (χ4n) is 4.61. The third kappa shape index (κ3) is 4.03. The Labute approximate surface area is 172 Å². The molecule has 4 aliphatic rings. The van der Waals surface area contributed by atoms with E-state index in [1.165, 1.54) is 38.8 Å². The van der Waals surface area contributed by atoms with Crippen molar-refractivity contribution < 1.29 is 4.74 Å². The zero-order valence-electron chi connectivity index (χ0n) is 16.0. The number of hydrogen-bond acceptors (Lipinski definition) is 6. The van der Waals surface area contributed by atoms with Gasteiger partial charge in [-0.25, -0.2) is 0 Å². The van der Waals surface area contributed by atoms with E-state index in [1.807, 2.05) is 11.2 Å². The van der Waals surface area contributed by atoms with Crippen LogP contribution in [0, 0.1) is 0 Å². The summed E-state index contributed by atoms with van der Waals surface area (Å²) in [6.07, 6.45) is 13.9. The molecule has 0 spiro atoms. The van der Waals surface area contributed by atoms with Gasteiger partial charge in [0.25, 0.3) is 0 Å². The standard InChI is InChI=1S/C21H27N5O.ClH/c1-2-4-17(3-1)25-11-9-20(10-12-25)27-19-7-5-16(6-8-19)21-13-18-14-22-23-15-26(18)24-21;/h5-8,13-15,17-18,20,24H,1-4,9-12H2;1H. The summed E-state index contributed by atoms with van der Waals surface area (Å²) in [5.41, 5.74) is 5.58. The van der Waals surface area contributed by atoms with Crippen LogP contribution in [0.15, 0.2) is 40.5 Å². The molecule has 5 rings (SSSR count).